The number of carboxylic acids is 1. The van der Waals surface area contributed by atoms with Gasteiger partial charge in [0.15, 0.2) is 6.04 Å². The van der Waals surface area contributed by atoms with Crippen LogP contribution < -0.4 is 0 Å². The summed E-state index contributed by atoms with van der Waals surface area (Å²) < 4.78 is 0. The topological polar surface area (TPSA) is 77.8 Å². The van der Waals surface area contributed by atoms with Gasteiger partial charge in [-0.3, -0.25) is 4.79 Å². The molecule has 0 saturated carbocycles. The molecule has 1 unspecified atom stereocenters. The van der Waals surface area contributed by atoms with E-state index in [0.29, 0.717) is 12.1 Å². The van der Waals surface area contributed by atoms with Gasteiger partial charge in [0.2, 0.25) is 0 Å². The molecular weight excluding hydrogens is 258 g/mol. The zero-order valence-electron chi connectivity index (χ0n) is 11.7. The maximum Gasteiger partial charge on any atom is 0.328 e. The summed E-state index contributed by atoms with van der Waals surface area (Å²) >= 11 is 0. The lowest BCUT2D eigenvalue weighted by Gasteiger charge is -2.28. The van der Waals surface area contributed by atoms with Gasteiger partial charge in [0.1, 0.15) is 0 Å². The Morgan fingerprint density at radius 1 is 1.20 bits per heavy atom. The highest BCUT2D eigenvalue weighted by molar-refractivity contribution is 5.96. The Morgan fingerprint density at radius 3 is 2.35 bits per heavy atom. The largest absolute Gasteiger partial charge is 0.480 e. The Kier molecular flexibility index (Phi) is 6.73. The van der Waals surface area contributed by atoms with Crippen molar-refractivity contribution in [2.45, 2.75) is 32.2 Å². The van der Waals surface area contributed by atoms with Crippen molar-refractivity contribution in [3.05, 3.63) is 35.9 Å². The fourth-order valence-corrected chi connectivity index (χ4v) is 1.99. The lowest BCUT2D eigenvalue weighted by molar-refractivity contribution is -0.143. The summed E-state index contributed by atoms with van der Waals surface area (Å²) in [5, 5.41) is 18.4. The van der Waals surface area contributed by atoms with Crippen molar-refractivity contribution in [3.8, 4) is 0 Å². The molecule has 0 aromatic heterocycles. The van der Waals surface area contributed by atoms with Gasteiger partial charge in [-0.1, -0.05) is 38.0 Å². The second-order valence-electron chi connectivity index (χ2n) is 4.61. The number of aliphatic hydroxyl groups excluding tert-OH is 1. The second kappa shape index (κ2) is 8.32. The number of carbonyl (C=O) groups is 2. The number of unbranched alkanes of at least 4 members (excludes halogenated alkanes) is 2. The maximum atomic E-state index is 12.4. The number of amides is 1. The highest BCUT2D eigenvalue weighted by Crippen LogP contribution is 2.11. The minimum absolute atomic E-state index is 0.332. The highest BCUT2D eigenvalue weighted by atomic mass is 16.4. The van der Waals surface area contributed by atoms with E-state index in [4.69, 9.17) is 5.11 Å². The van der Waals surface area contributed by atoms with Gasteiger partial charge in [-0.15, -0.1) is 0 Å². The van der Waals surface area contributed by atoms with Crippen molar-refractivity contribution in [1.82, 2.24) is 4.90 Å². The third-order valence-corrected chi connectivity index (χ3v) is 3.12. The van der Waals surface area contributed by atoms with E-state index < -0.39 is 18.6 Å². The Balaban J connectivity index is 2.91. The molecule has 5 heteroatoms. The third-order valence-electron chi connectivity index (χ3n) is 3.12. The number of hydrogen-bond donors (Lipinski definition) is 2. The molecule has 0 heterocycles. The minimum atomic E-state index is -1.19. The summed E-state index contributed by atoms with van der Waals surface area (Å²) in [5.74, 6) is -1.54. The Morgan fingerprint density at radius 2 is 1.85 bits per heavy atom. The van der Waals surface area contributed by atoms with E-state index >= 15 is 0 Å². The predicted molar refractivity (Wildman–Crippen MR) is 75.5 cm³/mol. The van der Waals surface area contributed by atoms with E-state index in [1.54, 1.807) is 30.3 Å². The number of nitrogens with zero attached hydrogens (tertiary/aromatic N) is 1. The summed E-state index contributed by atoms with van der Waals surface area (Å²) in [4.78, 5) is 24.8. The Bertz CT molecular complexity index is 433. The molecule has 0 radical (unpaired) electrons. The summed E-state index contributed by atoms with van der Waals surface area (Å²) in [6, 6.07) is 7.34. The Hall–Kier alpha value is -1.88. The molecule has 1 aromatic carbocycles. The molecule has 0 aliphatic rings. The van der Waals surface area contributed by atoms with E-state index in [1.165, 1.54) is 4.90 Å². The molecular formula is C15H21NO4. The average molecular weight is 279 g/mol. The van der Waals surface area contributed by atoms with Crippen LogP contribution in [0.5, 0.6) is 0 Å². The van der Waals surface area contributed by atoms with Crippen LogP contribution in [0, 0.1) is 0 Å². The normalized spacial score (nSPS) is 11.9. The number of rotatable bonds is 8. The van der Waals surface area contributed by atoms with Gasteiger partial charge in [-0.25, -0.2) is 4.79 Å². The van der Waals surface area contributed by atoms with E-state index in [9.17, 15) is 14.7 Å². The van der Waals surface area contributed by atoms with Crippen molar-refractivity contribution in [1.29, 1.82) is 0 Å². The van der Waals surface area contributed by atoms with Crippen LogP contribution in [-0.4, -0.2) is 46.2 Å². The smallest absolute Gasteiger partial charge is 0.328 e. The minimum Gasteiger partial charge on any atom is -0.480 e. The van der Waals surface area contributed by atoms with Crippen molar-refractivity contribution in [2.75, 3.05) is 13.2 Å². The molecule has 20 heavy (non-hydrogen) atoms. The quantitative estimate of drug-likeness (QED) is 0.711. The van der Waals surface area contributed by atoms with Crippen LogP contribution in [0.1, 0.15) is 36.5 Å². The fraction of sp³-hybridized carbons (Fsp3) is 0.467. The van der Waals surface area contributed by atoms with Crippen molar-refractivity contribution in [2.24, 2.45) is 0 Å². The maximum absolute atomic E-state index is 12.4. The van der Waals surface area contributed by atoms with Gasteiger partial charge in [0.05, 0.1) is 6.61 Å². The molecule has 5 nitrogen and oxygen atoms in total. The highest BCUT2D eigenvalue weighted by Gasteiger charge is 2.29. The number of aliphatic carboxylic acids is 1. The van der Waals surface area contributed by atoms with E-state index in [-0.39, 0.29) is 5.91 Å². The van der Waals surface area contributed by atoms with E-state index in [0.717, 1.165) is 19.3 Å². The van der Waals surface area contributed by atoms with Crippen LogP contribution in [0.3, 0.4) is 0 Å². The number of hydrogen-bond acceptors (Lipinski definition) is 3. The number of aliphatic hydroxyl groups is 1. The molecule has 1 atom stereocenters. The standard InChI is InChI=1S/C15H21NO4/c1-2-3-7-10-16(13(11-17)15(19)20)14(18)12-8-5-4-6-9-12/h4-6,8-9,13,17H,2-3,7,10-11H2,1H3,(H,19,20). The molecule has 1 aromatic rings. The first-order valence-electron chi connectivity index (χ1n) is 6.81. The van der Waals surface area contributed by atoms with Crippen LogP contribution >= 0.6 is 0 Å². The number of benzene rings is 1. The lowest BCUT2D eigenvalue weighted by atomic mass is 10.1. The second-order valence-corrected chi connectivity index (χ2v) is 4.61. The van der Waals surface area contributed by atoms with Gasteiger partial charge >= 0.3 is 5.97 Å². The fourth-order valence-electron chi connectivity index (χ4n) is 1.99. The zero-order chi connectivity index (χ0) is 15.0. The molecule has 0 fully saturated rings. The van der Waals surface area contributed by atoms with Gasteiger partial charge in [-0.05, 0) is 18.6 Å². The van der Waals surface area contributed by atoms with Crippen LogP contribution in [0.25, 0.3) is 0 Å². The molecule has 0 spiro atoms. The van der Waals surface area contributed by atoms with E-state index in [2.05, 4.69) is 0 Å². The van der Waals surface area contributed by atoms with Gasteiger partial charge in [0.25, 0.3) is 5.91 Å². The number of carboxylic acid groups (broad SMARTS) is 1. The number of carbonyl (C=O) groups excluding carboxylic acids is 1. The molecule has 0 saturated heterocycles. The molecule has 0 bridgehead atoms. The third kappa shape index (κ3) is 4.35. The average Bonchev–Trinajstić information content (AvgIpc) is 2.46. The molecule has 0 aliphatic heterocycles. The SMILES string of the molecule is CCCCCN(C(=O)c1ccccc1)C(CO)C(=O)O. The van der Waals surface area contributed by atoms with Gasteiger partial charge < -0.3 is 15.1 Å². The first-order valence-corrected chi connectivity index (χ1v) is 6.81. The summed E-state index contributed by atoms with van der Waals surface area (Å²) in [6.45, 7) is 1.78. The molecule has 1 amide bonds. The predicted octanol–water partition coefficient (Wildman–Crippen LogP) is 1.76. The summed E-state index contributed by atoms with van der Waals surface area (Å²) in [5.41, 5.74) is 0.434. The van der Waals surface area contributed by atoms with Crippen molar-refractivity contribution in [3.63, 3.8) is 0 Å². The van der Waals surface area contributed by atoms with Gasteiger partial charge in [-0.2, -0.15) is 0 Å². The summed E-state index contributed by atoms with van der Waals surface area (Å²) in [6.07, 6.45) is 2.61. The van der Waals surface area contributed by atoms with Crippen LogP contribution in [-0.2, 0) is 4.79 Å². The first-order chi connectivity index (χ1) is 9.61. The first kappa shape index (κ1) is 16.2. The molecule has 1 rings (SSSR count). The van der Waals surface area contributed by atoms with Gasteiger partial charge in [0, 0.05) is 12.1 Å². The summed E-state index contributed by atoms with van der Waals surface area (Å²) in [7, 11) is 0. The lowest BCUT2D eigenvalue weighted by Crippen LogP contribution is -2.47. The van der Waals surface area contributed by atoms with Crippen molar-refractivity contribution >= 4 is 11.9 Å². The monoisotopic (exact) mass is 279 g/mol. The van der Waals surface area contributed by atoms with Crippen molar-refractivity contribution < 1.29 is 19.8 Å². The molecule has 2 N–H and O–H groups in total. The Labute approximate surface area is 118 Å². The molecule has 0 aliphatic carbocycles. The van der Waals surface area contributed by atoms with Crippen LogP contribution in [0.4, 0.5) is 0 Å². The van der Waals surface area contributed by atoms with E-state index in [1.807, 2.05) is 6.92 Å². The van der Waals surface area contributed by atoms with Crippen LogP contribution in [0.15, 0.2) is 30.3 Å². The zero-order valence-corrected chi connectivity index (χ0v) is 11.7. The molecule has 110 valence electrons. The van der Waals surface area contributed by atoms with Crippen LogP contribution in [0.2, 0.25) is 0 Å².